The molecule has 0 bridgehead atoms. The Morgan fingerprint density at radius 3 is 2.52 bits per heavy atom. The number of aromatic nitrogens is 2. The van der Waals surface area contributed by atoms with E-state index < -0.39 is 0 Å². The monoisotopic (exact) mass is 391 g/mol. The van der Waals surface area contributed by atoms with Crippen LogP contribution in [-0.2, 0) is 0 Å². The number of nitrogens with zero attached hydrogens (tertiary/aromatic N) is 3. The Bertz CT molecular complexity index is 1040. The highest BCUT2D eigenvalue weighted by Gasteiger charge is 2.18. The summed E-state index contributed by atoms with van der Waals surface area (Å²) in [7, 11) is 0. The lowest BCUT2D eigenvalue weighted by Crippen LogP contribution is -2.38. The second kappa shape index (κ2) is 8.87. The van der Waals surface area contributed by atoms with Gasteiger partial charge in [-0.25, -0.2) is 4.98 Å². The number of fused-ring (bicyclic) bond motifs is 1. The van der Waals surface area contributed by atoms with Gasteiger partial charge in [-0.15, -0.1) is 0 Å². The zero-order valence-corrected chi connectivity index (χ0v) is 16.3. The molecule has 0 atom stereocenters. The number of benzene rings is 2. The molecule has 0 radical (unpaired) electrons. The number of likely N-dealkylation sites (tertiary alicyclic amines) is 1. The van der Waals surface area contributed by atoms with Gasteiger partial charge in [0.05, 0.1) is 16.6 Å². The molecular formula is C22H25N5O2. The zero-order chi connectivity index (χ0) is 20.1. The summed E-state index contributed by atoms with van der Waals surface area (Å²) < 4.78 is 1.23. The van der Waals surface area contributed by atoms with Gasteiger partial charge in [-0.3, -0.25) is 15.0 Å². The van der Waals surface area contributed by atoms with Crippen LogP contribution >= 0.6 is 0 Å². The number of hydrogen-bond donors (Lipinski definition) is 2. The van der Waals surface area contributed by atoms with Crippen molar-refractivity contribution in [3.8, 4) is 0 Å². The van der Waals surface area contributed by atoms with Crippen LogP contribution in [0, 0.1) is 0 Å². The third-order valence-corrected chi connectivity index (χ3v) is 5.13. The van der Waals surface area contributed by atoms with Crippen LogP contribution in [0.15, 0.2) is 59.4 Å². The molecule has 29 heavy (non-hydrogen) atoms. The van der Waals surface area contributed by atoms with Gasteiger partial charge in [0.2, 0.25) is 5.82 Å². The molecule has 2 heterocycles. The third kappa shape index (κ3) is 4.46. The Kier molecular flexibility index (Phi) is 5.86. The highest BCUT2D eigenvalue weighted by Crippen LogP contribution is 2.11. The third-order valence-electron chi connectivity index (χ3n) is 5.13. The summed E-state index contributed by atoms with van der Waals surface area (Å²) in [6.07, 6.45) is 3.38. The molecule has 4 rings (SSSR count). The van der Waals surface area contributed by atoms with Gasteiger partial charge in [0.15, 0.2) is 0 Å². The van der Waals surface area contributed by atoms with E-state index in [4.69, 9.17) is 0 Å². The van der Waals surface area contributed by atoms with Crippen LogP contribution in [0.2, 0.25) is 0 Å². The molecule has 1 fully saturated rings. The highest BCUT2D eigenvalue weighted by molar-refractivity contribution is 5.93. The number of hydrogen-bond acceptors (Lipinski definition) is 5. The summed E-state index contributed by atoms with van der Waals surface area (Å²) in [5.41, 5.74) is 3.93. The van der Waals surface area contributed by atoms with E-state index in [9.17, 15) is 9.59 Å². The van der Waals surface area contributed by atoms with Crippen molar-refractivity contribution in [3.63, 3.8) is 0 Å². The SMILES string of the molecule is O=C(NCCCN1CCCC1)c1nc2ccccc2c(=O)n1Nc1ccccc1. The molecular weight excluding hydrogens is 366 g/mol. The quantitative estimate of drug-likeness (QED) is 0.605. The van der Waals surface area contributed by atoms with Gasteiger partial charge in [0, 0.05) is 6.54 Å². The van der Waals surface area contributed by atoms with Crippen molar-refractivity contribution in [2.75, 3.05) is 31.6 Å². The molecule has 150 valence electrons. The van der Waals surface area contributed by atoms with E-state index in [1.165, 1.54) is 17.5 Å². The van der Waals surface area contributed by atoms with Crippen molar-refractivity contribution in [2.24, 2.45) is 0 Å². The fourth-order valence-electron chi connectivity index (χ4n) is 3.62. The first kappa shape index (κ1) is 19.1. The molecule has 2 N–H and O–H groups in total. The molecule has 7 nitrogen and oxygen atoms in total. The Hall–Kier alpha value is -3.19. The topological polar surface area (TPSA) is 79.3 Å². The predicted octanol–water partition coefficient (Wildman–Crippen LogP) is 2.49. The van der Waals surface area contributed by atoms with Crippen LogP contribution in [0.25, 0.3) is 10.9 Å². The number of anilines is 1. The molecule has 1 amide bonds. The van der Waals surface area contributed by atoms with Crippen LogP contribution in [0.1, 0.15) is 29.9 Å². The van der Waals surface area contributed by atoms with Gasteiger partial charge in [-0.1, -0.05) is 30.3 Å². The minimum atomic E-state index is -0.363. The molecule has 0 aliphatic carbocycles. The van der Waals surface area contributed by atoms with Gasteiger partial charge in [-0.2, -0.15) is 4.68 Å². The Morgan fingerprint density at radius 1 is 1.00 bits per heavy atom. The lowest BCUT2D eigenvalue weighted by Gasteiger charge is -2.16. The van der Waals surface area contributed by atoms with Gasteiger partial charge in [-0.05, 0) is 63.2 Å². The molecule has 0 saturated carbocycles. The van der Waals surface area contributed by atoms with Gasteiger partial charge in [0.25, 0.3) is 11.5 Å². The van der Waals surface area contributed by atoms with Gasteiger partial charge < -0.3 is 10.2 Å². The largest absolute Gasteiger partial charge is 0.349 e. The Balaban J connectivity index is 1.56. The van der Waals surface area contributed by atoms with Crippen molar-refractivity contribution in [2.45, 2.75) is 19.3 Å². The lowest BCUT2D eigenvalue weighted by molar-refractivity contribution is 0.0938. The van der Waals surface area contributed by atoms with E-state index in [0.717, 1.165) is 26.1 Å². The van der Waals surface area contributed by atoms with Crippen LogP contribution in [-0.4, -0.2) is 46.6 Å². The summed E-state index contributed by atoms with van der Waals surface area (Å²) in [6.45, 7) is 3.80. The fourth-order valence-corrected chi connectivity index (χ4v) is 3.62. The van der Waals surface area contributed by atoms with Gasteiger partial charge in [0.1, 0.15) is 0 Å². The number of nitrogens with one attached hydrogen (secondary N) is 2. The van der Waals surface area contributed by atoms with E-state index in [2.05, 4.69) is 20.6 Å². The zero-order valence-electron chi connectivity index (χ0n) is 16.3. The maximum Gasteiger partial charge on any atom is 0.289 e. The lowest BCUT2D eigenvalue weighted by atomic mass is 10.2. The fraction of sp³-hybridized carbons (Fsp3) is 0.318. The summed E-state index contributed by atoms with van der Waals surface area (Å²) in [5.74, 6) is -0.309. The molecule has 7 heteroatoms. The van der Waals surface area contributed by atoms with Crippen LogP contribution in [0.4, 0.5) is 5.69 Å². The van der Waals surface area contributed by atoms with E-state index in [1.54, 1.807) is 18.2 Å². The van der Waals surface area contributed by atoms with Gasteiger partial charge >= 0.3 is 0 Å². The maximum atomic E-state index is 13.0. The summed E-state index contributed by atoms with van der Waals surface area (Å²) in [6, 6.07) is 16.3. The number of rotatable bonds is 7. The van der Waals surface area contributed by atoms with Crippen molar-refractivity contribution < 1.29 is 4.79 Å². The molecule has 1 aliphatic rings. The number of carbonyl (C=O) groups is 1. The van der Waals surface area contributed by atoms with Crippen molar-refractivity contribution in [1.29, 1.82) is 0 Å². The number of para-hydroxylation sites is 2. The van der Waals surface area contributed by atoms with Crippen molar-refractivity contribution in [3.05, 3.63) is 70.8 Å². The normalized spacial score (nSPS) is 14.2. The van der Waals surface area contributed by atoms with Crippen molar-refractivity contribution in [1.82, 2.24) is 19.9 Å². The van der Waals surface area contributed by atoms with E-state index in [-0.39, 0.29) is 17.3 Å². The Labute approximate surface area is 169 Å². The Morgan fingerprint density at radius 2 is 1.72 bits per heavy atom. The van der Waals surface area contributed by atoms with Crippen LogP contribution < -0.4 is 16.3 Å². The summed E-state index contributed by atoms with van der Waals surface area (Å²) in [4.78, 5) is 32.8. The summed E-state index contributed by atoms with van der Waals surface area (Å²) >= 11 is 0. The summed E-state index contributed by atoms with van der Waals surface area (Å²) in [5, 5.41) is 3.37. The second-order valence-electron chi connectivity index (χ2n) is 7.23. The first-order valence-corrected chi connectivity index (χ1v) is 10.1. The molecule has 0 spiro atoms. The second-order valence-corrected chi connectivity index (χ2v) is 7.23. The van der Waals surface area contributed by atoms with Crippen molar-refractivity contribution >= 4 is 22.5 Å². The minimum Gasteiger partial charge on any atom is -0.349 e. The first-order valence-electron chi connectivity index (χ1n) is 10.1. The molecule has 2 aromatic carbocycles. The molecule has 1 aromatic heterocycles. The van der Waals surface area contributed by atoms with Crippen LogP contribution in [0.3, 0.4) is 0 Å². The number of carbonyl (C=O) groups excluding carboxylic acids is 1. The van der Waals surface area contributed by atoms with E-state index in [0.29, 0.717) is 23.1 Å². The maximum absolute atomic E-state index is 13.0. The molecule has 1 saturated heterocycles. The van der Waals surface area contributed by atoms with E-state index in [1.807, 2.05) is 36.4 Å². The average molecular weight is 391 g/mol. The minimum absolute atomic E-state index is 0.0544. The number of amides is 1. The standard InChI is InChI=1S/C22H25N5O2/c28-21(23-13-8-16-26-14-6-7-15-26)20-24-19-12-5-4-11-18(19)22(29)27(20)25-17-9-2-1-3-10-17/h1-5,9-12,25H,6-8,13-16H2,(H,23,28). The predicted molar refractivity (Wildman–Crippen MR) is 114 cm³/mol. The average Bonchev–Trinajstić information content (AvgIpc) is 3.27. The molecule has 0 unspecified atom stereocenters. The van der Waals surface area contributed by atoms with Crippen LogP contribution in [0.5, 0.6) is 0 Å². The first-order chi connectivity index (χ1) is 14.2. The highest BCUT2D eigenvalue weighted by atomic mass is 16.2. The molecule has 3 aromatic rings. The van der Waals surface area contributed by atoms with E-state index >= 15 is 0 Å². The molecule has 1 aliphatic heterocycles. The smallest absolute Gasteiger partial charge is 0.289 e.